The Labute approximate surface area is 181 Å². The van der Waals surface area contributed by atoms with Crippen LogP contribution in [0.4, 0.5) is 15.1 Å². The molecule has 0 spiro atoms. The summed E-state index contributed by atoms with van der Waals surface area (Å²) in [6, 6.07) is 8.95. The molecule has 4 atom stereocenters. The van der Waals surface area contributed by atoms with Gasteiger partial charge in [0.2, 0.25) is 11.8 Å². The SMILES string of the molecule is COc1nc(N)nc2c1ncn2C1OC(CO)C(OC(=O)OCc2ccccc2)C1(C)F. The van der Waals surface area contributed by atoms with E-state index in [1.54, 1.807) is 24.3 Å². The molecule has 3 N–H and O–H groups in total. The lowest BCUT2D eigenvalue weighted by molar-refractivity contribution is -0.0575. The van der Waals surface area contributed by atoms with Crippen LogP contribution < -0.4 is 10.5 Å². The van der Waals surface area contributed by atoms with Crippen LogP contribution in [-0.4, -0.2) is 62.4 Å². The Morgan fingerprint density at radius 2 is 2.09 bits per heavy atom. The molecule has 0 saturated carbocycles. The molecular formula is C20H22FN5O6. The number of fused-ring (bicyclic) bond motifs is 1. The molecule has 1 saturated heterocycles. The van der Waals surface area contributed by atoms with Crippen molar-refractivity contribution in [2.75, 3.05) is 19.5 Å². The molecule has 170 valence electrons. The van der Waals surface area contributed by atoms with Gasteiger partial charge >= 0.3 is 6.16 Å². The number of ether oxygens (including phenoxy) is 4. The number of halogens is 1. The van der Waals surface area contributed by atoms with E-state index in [2.05, 4.69) is 15.0 Å². The van der Waals surface area contributed by atoms with Gasteiger partial charge in [-0.05, 0) is 12.5 Å². The molecule has 0 aliphatic carbocycles. The van der Waals surface area contributed by atoms with E-state index in [0.29, 0.717) is 0 Å². The van der Waals surface area contributed by atoms with Crippen molar-refractivity contribution < 1.29 is 33.2 Å². The molecule has 2 aromatic heterocycles. The lowest BCUT2D eigenvalue weighted by Gasteiger charge is -2.27. The van der Waals surface area contributed by atoms with E-state index >= 15 is 4.39 Å². The molecule has 3 heterocycles. The van der Waals surface area contributed by atoms with Gasteiger partial charge in [0.25, 0.3) is 0 Å². The minimum atomic E-state index is -2.28. The number of aliphatic hydroxyl groups excluding tert-OH is 1. The number of carbonyl (C=O) groups excluding carboxylic acids is 1. The van der Waals surface area contributed by atoms with Gasteiger partial charge in [-0.15, -0.1) is 0 Å². The normalized spacial score (nSPS) is 25.1. The van der Waals surface area contributed by atoms with E-state index in [1.165, 1.54) is 24.9 Å². The monoisotopic (exact) mass is 447 g/mol. The van der Waals surface area contributed by atoms with E-state index in [0.717, 1.165) is 5.56 Å². The van der Waals surface area contributed by atoms with Crippen LogP contribution in [0.1, 0.15) is 18.7 Å². The number of imidazole rings is 1. The summed E-state index contributed by atoms with van der Waals surface area (Å²) < 4.78 is 38.4. The third-order valence-corrected chi connectivity index (χ3v) is 5.14. The maximum Gasteiger partial charge on any atom is 0.509 e. The van der Waals surface area contributed by atoms with Crippen molar-refractivity contribution in [2.45, 2.75) is 37.6 Å². The number of aromatic nitrogens is 4. The summed E-state index contributed by atoms with van der Waals surface area (Å²) >= 11 is 0. The number of aliphatic hydroxyl groups is 1. The van der Waals surface area contributed by atoms with Crippen molar-refractivity contribution in [3.05, 3.63) is 42.2 Å². The summed E-state index contributed by atoms with van der Waals surface area (Å²) in [5.41, 5.74) is 4.58. The van der Waals surface area contributed by atoms with Crippen LogP contribution in [-0.2, 0) is 20.8 Å². The zero-order valence-electron chi connectivity index (χ0n) is 17.3. The van der Waals surface area contributed by atoms with E-state index in [1.807, 2.05) is 6.07 Å². The first-order chi connectivity index (χ1) is 15.3. The number of hydrogen-bond donors (Lipinski definition) is 2. The molecule has 0 radical (unpaired) electrons. The van der Waals surface area contributed by atoms with E-state index in [-0.39, 0.29) is 29.6 Å². The molecule has 1 aliphatic rings. The zero-order valence-corrected chi connectivity index (χ0v) is 17.3. The van der Waals surface area contributed by atoms with Gasteiger partial charge in [0.1, 0.15) is 12.7 Å². The van der Waals surface area contributed by atoms with Crippen molar-refractivity contribution in [2.24, 2.45) is 0 Å². The minimum absolute atomic E-state index is 0.0500. The quantitative estimate of drug-likeness (QED) is 0.536. The molecule has 1 aromatic carbocycles. The average molecular weight is 447 g/mol. The number of nitrogens with zero attached hydrogens (tertiary/aromatic N) is 4. The lowest BCUT2D eigenvalue weighted by atomic mass is 9.98. The molecule has 3 aromatic rings. The second kappa shape index (κ2) is 8.55. The number of hydrogen-bond acceptors (Lipinski definition) is 10. The highest BCUT2D eigenvalue weighted by Gasteiger charge is 2.58. The number of benzene rings is 1. The standard InChI is InChI=1S/C20H22FN5O6/c1-20(21)14(32-19(28)30-9-11-6-4-3-5-7-11)12(8-27)31-17(20)26-10-23-13-15(26)24-18(22)25-16(13)29-2/h3-7,10,12,14,17,27H,8-9H2,1-2H3,(H2,22,24,25). The van der Waals surface area contributed by atoms with Gasteiger partial charge in [0.05, 0.1) is 20.0 Å². The Kier molecular flexibility index (Phi) is 5.80. The third kappa shape index (κ3) is 3.89. The first kappa shape index (κ1) is 21.7. The fourth-order valence-electron chi connectivity index (χ4n) is 3.62. The fourth-order valence-corrected chi connectivity index (χ4v) is 3.62. The van der Waals surface area contributed by atoms with Gasteiger partial charge in [-0.3, -0.25) is 4.57 Å². The van der Waals surface area contributed by atoms with Crippen molar-refractivity contribution in [3.8, 4) is 5.88 Å². The maximum absolute atomic E-state index is 16.0. The Balaban J connectivity index is 1.57. The number of methoxy groups -OCH3 is 1. The molecule has 1 aliphatic heterocycles. The van der Waals surface area contributed by atoms with Gasteiger partial charge in [-0.2, -0.15) is 9.97 Å². The van der Waals surface area contributed by atoms with E-state index in [4.69, 9.17) is 24.7 Å². The molecule has 12 heteroatoms. The topological polar surface area (TPSA) is 144 Å². The summed E-state index contributed by atoms with van der Waals surface area (Å²) in [7, 11) is 1.39. The second-order valence-corrected chi connectivity index (χ2v) is 7.34. The summed E-state index contributed by atoms with van der Waals surface area (Å²) in [5.74, 6) is 0.00598. The van der Waals surface area contributed by atoms with Crippen LogP contribution in [0.3, 0.4) is 0 Å². The van der Waals surface area contributed by atoms with Crippen molar-refractivity contribution in [1.82, 2.24) is 19.5 Å². The first-order valence-corrected chi connectivity index (χ1v) is 9.71. The van der Waals surface area contributed by atoms with E-state index < -0.39 is 36.9 Å². The lowest BCUT2D eigenvalue weighted by Crippen LogP contribution is -2.44. The predicted octanol–water partition coefficient (Wildman–Crippen LogP) is 1.76. The average Bonchev–Trinajstić information content (AvgIpc) is 3.30. The van der Waals surface area contributed by atoms with Gasteiger partial charge in [0, 0.05) is 0 Å². The van der Waals surface area contributed by atoms with Crippen LogP contribution in [0.2, 0.25) is 0 Å². The molecule has 0 bridgehead atoms. The highest BCUT2D eigenvalue weighted by atomic mass is 19.1. The number of rotatable bonds is 6. The van der Waals surface area contributed by atoms with Gasteiger partial charge in [0.15, 0.2) is 29.2 Å². The Hall–Kier alpha value is -3.51. The minimum Gasteiger partial charge on any atom is -0.479 e. The molecule has 32 heavy (non-hydrogen) atoms. The van der Waals surface area contributed by atoms with Gasteiger partial charge < -0.3 is 29.8 Å². The Bertz CT molecular complexity index is 1110. The highest BCUT2D eigenvalue weighted by Crippen LogP contribution is 2.44. The van der Waals surface area contributed by atoms with Crippen molar-refractivity contribution >= 4 is 23.3 Å². The molecule has 4 rings (SSSR count). The van der Waals surface area contributed by atoms with Crippen LogP contribution in [0.5, 0.6) is 5.88 Å². The Morgan fingerprint density at radius 3 is 2.78 bits per heavy atom. The van der Waals surface area contributed by atoms with Crippen LogP contribution in [0.25, 0.3) is 11.2 Å². The van der Waals surface area contributed by atoms with Crippen LogP contribution in [0.15, 0.2) is 36.7 Å². The Morgan fingerprint density at radius 1 is 1.34 bits per heavy atom. The number of nitrogen functional groups attached to an aromatic ring is 1. The van der Waals surface area contributed by atoms with Gasteiger partial charge in [-0.1, -0.05) is 30.3 Å². The number of alkyl halides is 1. The largest absolute Gasteiger partial charge is 0.509 e. The molecule has 4 unspecified atom stereocenters. The number of nitrogens with two attached hydrogens (primary N) is 1. The maximum atomic E-state index is 16.0. The van der Waals surface area contributed by atoms with E-state index in [9.17, 15) is 9.90 Å². The summed E-state index contributed by atoms with van der Waals surface area (Å²) in [6.07, 6.45) is -3.75. The zero-order chi connectivity index (χ0) is 22.9. The molecule has 1 fully saturated rings. The summed E-state index contributed by atoms with van der Waals surface area (Å²) in [5, 5.41) is 9.73. The highest BCUT2D eigenvalue weighted by molar-refractivity contribution is 5.77. The smallest absolute Gasteiger partial charge is 0.479 e. The fraction of sp³-hybridized carbons (Fsp3) is 0.400. The first-order valence-electron chi connectivity index (χ1n) is 9.71. The molecule has 0 amide bonds. The number of carbonyl (C=O) groups is 1. The van der Waals surface area contributed by atoms with Crippen molar-refractivity contribution in [1.29, 1.82) is 0 Å². The van der Waals surface area contributed by atoms with Crippen molar-refractivity contribution in [3.63, 3.8) is 0 Å². The van der Waals surface area contributed by atoms with Gasteiger partial charge in [-0.25, -0.2) is 14.2 Å². The van der Waals surface area contributed by atoms with Crippen LogP contribution >= 0.6 is 0 Å². The molecule has 11 nitrogen and oxygen atoms in total. The van der Waals surface area contributed by atoms with Crippen LogP contribution in [0, 0.1) is 0 Å². The number of anilines is 1. The summed E-state index contributed by atoms with van der Waals surface area (Å²) in [6.45, 7) is 0.543. The second-order valence-electron chi connectivity index (χ2n) is 7.34. The third-order valence-electron chi connectivity index (χ3n) is 5.14. The summed E-state index contributed by atoms with van der Waals surface area (Å²) in [4.78, 5) is 24.4. The predicted molar refractivity (Wildman–Crippen MR) is 108 cm³/mol. The molecular weight excluding hydrogens is 425 g/mol.